The number of aliphatic carboxylic acids is 1. The summed E-state index contributed by atoms with van der Waals surface area (Å²) in [4.78, 5) is 24.1. The molecule has 16 heavy (non-hydrogen) atoms. The Morgan fingerprint density at radius 3 is 2.62 bits per heavy atom. The summed E-state index contributed by atoms with van der Waals surface area (Å²) in [6.07, 6.45) is 0. The molecule has 0 spiro atoms. The number of halogens is 1. The zero-order valence-corrected chi connectivity index (χ0v) is 10.1. The Morgan fingerprint density at radius 2 is 2.25 bits per heavy atom. The zero-order valence-electron chi connectivity index (χ0n) is 8.55. The van der Waals surface area contributed by atoms with Crippen molar-refractivity contribution in [2.75, 3.05) is 0 Å². The van der Waals surface area contributed by atoms with Crippen molar-refractivity contribution in [2.45, 2.75) is 20.4 Å². The van der Waals surface area contributed by atoms with E-state index in [-0.39, 0.29) is 11.3 Å². The third kappa shape index (κ3) is 2.54. The topological polar surface area (TPSA) is 111 Å². The molecule has 0 saturated heterocycles. The number of nitro groups is 1. The molecule has 0 fully saturated rings. The van der Waals surface area contributed by atoms with Crippen LogP contribution in [0.15, 0.2) is 4.73 Å². The van der Waals surface area contributed by atoms with Crippen LogP contribution in [0.3, 0.4) is 0 Å². The van der Waals surface area contributed by atoms with Crippen molar-refractivity contribution in [1.82, 2.24) is 14.8 Å². The highest BCUT2D eigenvalue weighted by Crippen LogP contribution is 2.21. The highest BCUT2D eigenvalue weighted by atomic mass is 79.9. The van der Waals surface area contributed by atoms with Gasteiger partial charge in [-0.15, -0.1) is 0 Å². The third-order valence-electron chi connectivity index (χ3n) is 1.90. The van der Waals surface area contributed by atoms with E-state index in [9.17, 15) is 14.9 Å². The van der Waals surface area contributed by atoms with Gasteiger partial charge in [0.1, 0.15) is 0 Å². The lowest BCUT2D eigenvalue weighted by Gasteiger charge is -2.16. The maximum absolute atomic E-state index is 10.9. The summed E-state index contributed by atoms with van der Waals surface area (Å²) < 4.78 is 1.28. The van der Waals surface area contributed by atoms with Crippen LogP contribution >= 0.6 is 15.9 Å². The summed E-state index contributed by atoms with van der Waals surface area (Å²) in [7, 11) is 0. The van der Waals surface area contributed by atoms with Crippen LogP contribution in [-0.2, 0) is 11.3 Å². The third-order valence-corrected chi connectivity index (χ3v) is 2.49. The van der Waals surface area contributed by atoms with Crippen LogP contribution in [-0.4, -0.2) is 30.8 Å². The van der Waals surface area contributed by atoms with Gasteiger partial charge in [-0.1, -0.05) is 0 Å². The molecule has 0 atom stereocenters. The lowest BCUT2D eigenvalue weighted by Crippen LogP contribution is -2.29. The van der Waals surface area contributed by atoms with Gasteiger partial charge in [-0.2, -0.15) is 4.68 Å². The summed E-state index contributed by atoms with van der Waals surface area (Å²) >= 11 is 2.98. The Balaban J connectivity index is 2.98. The van der Waals surface area contributed by atoms with Crippen molar-refractivity contribution in [3.8, 4) is 0 Å². The number of rotatable bonds is 4. The normalized spacial score (nSPS) is 11.4. The van der Waals surface area contributed by atoms with Crippen LogP contribution in [0.25, 0.3) is 0 Å². The fourth-order valence-electron chi connectivity index (χ4n) is 0.932. The molecule has 1 aromatic heterocycles. The fourth-order valence-corrected chi connectivity index (χ4v) is 1.30. The summed E-state index contributed by atoms with van der Waals surface area (Å²) in [6, 6.07) is 0. The largest absolute Gasteiger partial charge is 0.492 e. The van der Waals surface area contributed by atoms with Crippen LogP contribution in [0.4, 0.5) is 5.95 Å². The van der Waals surface area contributed by atoms with Gasteiger partial charge in [-0.3, -0.25) is 4.79 Å². The van der Waals surface area contributed by atoms with E-state index in [4.69, 9.17) is 5.11 Å². The molecule has 0 amide bonds. The number of hydrogen-bond acceptors (Lipinski definition) is 5. The van der Waals surface area contributed by atoms with E-state index in [1.54, 1.807) is 0 Å². The second kappa shape index (κ2) is 4.16. The second-order valence-corrected chi connectivity index (χ2v) is 4.49. The molecule has 0 aromatic carbocycles. The number of nitrogens with zero attached hydrogens (tertiary/aromatic N) is 4. The van der Waals surface area contributed by atoms with Gasteiger partial charge in [0.15, 0.2) is 0 Å². The van der Waals surface area contributed by atoms with Crippen molar-refractivity contribution in [3.63, 3.8) is 0 Å². The predicted molar refractivity (Wildman–Crippen MR) is 55.8 cm³/mol. The minimum absolute atomic E-state index is 0.0102. The van der Waals surface area contributed by atoms with Gasteiger partial charge >= 0.3 is 11.9 Å². The average molecular weight is 293 g/mol. The second-order valence-electron chi connectivity index (χ2n) is 3.78. The fraction of sp³-hybridized carbons (Fsp3) is 0.571. The van der Waals surface area contributed by atoms with Gasteiger partial charge in [0.25, 0.3) is 4.73 Å². The van der Waals surface area contributed by atoms with Gasteiger partial charge in [0, 0.05) is 21.0 Å². The van der Waals surface area contributed by atoms with Gasteiger partial charge in [-0.05, 0) is 23.8 Å². The van der Waals surface area contributed by atoms with E-state index in [1.807, 2.05) is 0 Å². The molecular weight excluding hydrogens is 284 g/mol. The van der Waals surface area contributed by atoms with Crippen LogP contribution in [0, 0.1) is 15.5 Å². The molecule has 0 aliphatic heterocycles. The van der Waals surface area contributed by atoms with Crippen molar-refractivity contribution in [1.29, 1.82) is 0 Å². The molecule has 1 heterocycles. The monoisotopic (exact) mass is 292 g/mol. The van der Waals surface area contributed by atoms with E-state index >= 15 is 0 Å². The van der Waals surface area contributed by atoms with E-state index in [1.165, 1.54) is 13.8 Å². The van der Waals surface area contributed by atoms with E-state index in [0.717, 1.165) is 4.68 Å². The first-order valence-electron chi connectivity index (χ1n) is 4.22. The molecule has 0 aliphatic carbocycles. The summed E-state index contributed by atoms with van der Waals surface area (Å²) in [5.41, 5.74) is -1.08. The van der Waals surface area contributed by atoms with Crippen LogP contribution in [0.1, 0.15) is 13.8 Å². The number of carboxylic acids is 1. The van der Waals surface area contributed by atoms with Gasteiger partial charge in [0.2, 0.25) is 0 Å². The van der Waals surface area contributed by atoms with Crippen LogP contribution in [0.5, 0.6) is 0 Å². The van der Waals surface area contributed by atoms with Crippen molar-refractivity contribution in [3.05, 3.63) is 14.8 Å². The first-order chi connectivity index (χ1) is 7.24. The maximum Gasteiger partial charge on any atom is 0.492 e. The van der Waals surface area contributed by atoms with Gasteiger partial charge < -0.3 is 15.2 Å². The lowest BCUT2D eigenvalue weighted by atomic mass is 9.94. The minimum atomic E-state index is -1.08. The smallest absolute Gasteiger partial charge is 0.481 e. The molecule has 0 radical (unpaired) electrons. The SMILES string of the molecule is CC(C)(Cn1nc([N+](=O)[O-])nc1Br)C(=O)O. The summed E-state index contributed by atoms with van der Waals surface area (Å²) in [6.45, 7) is 2.98. The number of carbonyl (C=O) groups is 1. The molecule has 1 N–H and O–H groups in total. The predicted octanol–water partition coefficient (Wildman–Crippen LogP) is 1.06. The standard InChI is InChI=1S/C7H9BrN4O4/c1-7(2,4(13)14)3-11-5(8)9-6(10-11)12(15)16/h3H2,1-2H3,(H,13,14). The molecule has 0 saturated carbocycles. The minimum Gasteiger partial charge on any atom is -0.481 e. The molecule has 8 nitrogen and oxygen atoms in total. The zero-order chi connectivity index (χ0) is 12.5. The quantitative estimate of drug-likeness (QED) is 0.656. The first kappa shape index (κ1) is 12.6. The Bertz CT molecular complexity index is 442. The highest BCUT2D eigenvalue weighted by molar-refractivity contribution is 9.10. The molecule has 9 heteroatoms. The molecule has 1 aromatic rings. The van der Waals surface area contributed by atoms with Crippen molar-refractivity contribution in [2.24, 2.45) is 5.41 Å². The van der Waals surface area contributed by atoms with Crippen molar-refractivity contribution >= 4 is 27.8 Å². The van der Waals surface area contributed by atoms with Gasteiger partial charge in [0.05, 0.1) is 12.0 Å². The van der Waals surface area contributed by atoms with E-state index < -0.39 is 22.3 Å². The Morgan fingerprint density at radius 1 is 1.69 bits per heavy atom. The maximum atomic E-state index is 10.9. The molecule has 88 valence electrons. The van der Waals surface area contributed by atoms with Crippen LogP contribution < -0.4 is 0 Å². The van der Waals surface area contributed by atoms with Crippen LogP contribution in [0.2, 0.25) is 0 Å². The van der Waals surface area contributed by atoms with Crippen molar-refractivity contribution < 1.29 is 14.8 Å². The molecule has 0 unspecified atom stereocenters. The number of hydrogen-bond donors (Lipinski definition) is 1. The molecular formula is C7H9BrN4O4. The first-order valence-corrected chi connectivity index (χ1v) is 5.01. The molecule has 0 bridgehead atoms. The Labute approximate surface area is 98.6 Å². The molecule has 0 aliphatic rings. The molecule has 1 rings (SSSR count). The van der Waals surface area contributed by atoms with Gasteiger partial charge in [-0.25, -0.2) is 0 Å². The Hall–Kier alpha value is -1.51. The van der Waals surface area contributed by atoms with E-state index in [2.05, 4.69) is 26.0 Å². The number of carboxylic acid groups (broad SMARTS) is 1. The number of aromatic nitrogens is 3. The summed E-state index contributed by atoms with van der Waals surface area (Å²) in [5.74, 6) is -1.58. The highest BCUT2D eigenvalue weighted by Gasteiger charge is 2.32. The average Bonchev–Trinajstić information content (AvgIpc) is 2.47. The summed E-state index contributed by atoms with van der Waals surface area (Å²) in [5, 5.41) is 22.9. The Kier molecular flexibility index (Phi) is 3.27. The van der Waals surface area contributed by atoms with E-state index in [0.29, 0.717) is 0 Å². The lowest BCUT2D eigenvalue weighted by molar-refractivity contribution is -0.394.